The maximum Gasteiger partial charge on any atom is 0.330 e. The van der Waals surface area contributed by atoms with Crippen molar-refractivity contribution >= 4 is 54.0 Å². The van der Waals surface area contributed by atoms with Crippen molar-refractivity contribution in [3.63, 3.8) is 0 Å². The van der Waals surface area contributed by atoms with E-state index in [1.165, 1.54) is 18.2 Å². The molecule has 0 saturated carbocycles. The maximum absolute atomic E-state index is 13.1. The molecule has 0 aromatic heterocycles. The van der Waals surface area contributed by atoms with Crippen LogP contribution < -0.4 is 14.2 Å². The molecule has 0 saturated heterocycles. The molecule has 0 fully saturated rings. The molecule has 15 nitrogen and oxygen atoms in total. The van der Waals surface area contributed by atoms with Crippen LogP contribution in [0.3, 0.4) is 0 Å². The molecular weight excluding hydrogens is 1250 g/mol. The zero-order chi connectivity index (χ0) is 70.2. The quantitative estimate of drug-likeness (QED) is 0.0152. The Hall–Kier alpha value is -9.24. The number of esters is 6. The summed E-state index contributed by atoms with van der Waals surface area (Å²) in [5.41, 5.74) is 9.20. The molecule has 0 aliphatic heterocycles. The Morgan fingerprint density at radius 1 is 0.283 bits per heavy atom. The Labute approximate surface area is 587 Å². The van der Waals surface area contributed by atoms with Gasteiger partial charge < -0.3 is 42.6 Å². The van der Waals surface area contributed by atoms with Crippen LogP contribution in [0.2, 0.25) is 0 Å². The summed E-state index contributed by atoms with van der Waals surface area (Å²) in [6, 6.07) is 47.8. The van der Waals surface area contributed by atoms with Crippen LogP contribution in [-0.4, -0.2) is 94.8 Å². The Morgan fingerprint density at radius 3 is 0.778 bits per heavy atom. The zero-order valence-electron chi connectivity index (χ0n) is 58.6. The van der Waals surface area contributed by atoms with E-state index in [0.29, 0.717) is 58.9 Å². The topological polar surface area (TPSA) is 185 Å². The molecule has 0 spiro atoms. The van der Waals surface area contributed by atoms with Crippen molar-refractivity contribution in [1.82, 2.24) is 0 Å². The van der Waals surface area contributed by atoms with Crippen LogP contribution in [0.4, 0.5) is 0 Å². The molecule has 6 aromatic rings. The summed E-state index contributed by atoms with van der Waals surface area (Å²) in [6.07, 6.45) is 27.6. The van der Waals surface area contributed by atoms with Gasteiger partial charge in [0, 0.05) is 37.5 Å². The van der Waals surface area contributed by atoms with Crippen molar-refractivity contribution in [2.24, 2.45) is 0 Å². The molecule has 15 heteroatoms. The van der Waals surface area contributed by atoms with E-state index < -0.39 is 24.0 Å². The number of benzene rings is 6. The van der Waals surface area contributed by atoms with Crippen molar-refractivity contribution in [3.8, 4) is 50.6 Å². The predicted octanol–water partition coefficient (Wildman–Crippen LogP) is 19.3. The summed E-state index contributed by atoms with van der Waals surface area (Å²) in [7, 11) is 0. The highest BCUT2D eigenvalue weighted by Gasteiger charge is 2.20. The lowest BCUT2D eigenvalue weighted by Gasteiger charge is -2.18. The van der Waals surface area contributed by atoms with Gasteiger partial charge in [-0.05, 0) is 164 Å². The number of hydrogen-bond donors (Lipinski definition) is 0. The Kier molecular flexibility index (Phi) is 38.6. The molecule has 99 heavy (non-hydrogen) atoms. The van der Waals surface area contributed by atoms with Gasteiger partial charge in [0.1, 0.15) is 30.5 Å². The van der Waals surface area contributed by atoms with Crippen molar-refractivity contribution < 1.29 is 71.4 Å². The van der Waals surface area contributed by atoms with E-state index in [9.17, 15) is 28.8 Å². The first-order valence-corrected chi connectivity index (χ1v) is 36.0. The highest BCUT2D eigenvalue weighted by Crippen LogP contribution is 2.27. The van der Waals surface area contributed by atoms with Gasteiger partial charge in [0.05, 0.1) is 39.6 Å². The largest absolute Gasteiger partial charge is 0.494 e. The zero-order valence-corrected chi connectivity index (χ0v) is 58.6. The summed E-state index contributed by atoms with van der Waals surface area (Å²) in [5, 5.41) is 0. The Bertz CT molecular complexity index is 3200. The molecule has 0 aliphatic rings. The first kappa shape index (κ1) is 78.8. The van der Waals surface area contributed by atoms with Gasteiger partial charge in [0.25, 0.3) is 0 Å². The van der Waals surface area contributed by atoms with Crippen LogP contribution in [-0.2, 0) is 57.2 Å². The summed E-state index contributed by atoms with van der Waals surface area (Å²) < 4.78 is 49.8. The molecule has 530 valence electrons. The number of carbonyl (C=O) groups excluding carboxylic acids is 6. The van der Waals surface area contributed by atoms with E-state index in [4.69, 9.17) is 42.6 Å². The van der Waals surface area contributed by atoms with Gasteiger partial charge in [-0.2, -0.15) is 0 Å². The predicted molar refractivity (Wildman–Crippen MR) is 392 cm³/mol. The third-order valence-electron chi connectivity index (χ3n) is 16.4. The van der Waals surface area contributed by atoms with Gasteiger partial charge in [0.15, 0.2) is 6.10 Å². The number of unbranched alkanes of at least 4 members (excludes halogenated alkanes) is 18. The van der Waals surface area contributed by atoms with Crippen LogP contribution in [0.5, 0.6) is 17.2 Å². The maximum atomic E-state index is 13.1. The lowest BCUT2D eigenvalue weighted by molar-refractivity contribution is -0.167. The number of carbonyl (C=O) groups is 6. The van der Waals surface area contributed by atoms with Gasteiger partial charge in [-0.15, -0.1) is 0 Å². The lowest BCUT2D eigenvalue weighted by atomic mass is 10.0. The van der Waals surface area contributed by atoms with Crippen molar-refractivity contribution in [1.29, 1.82) is 0 Å². The number of rotatable bonds is 50. The van der Waals surface area contributed by atoms with Gasteiger partial charge in [-0.25, -0.2) is 14.4 Å². The van der Waals surface area contributed by atoms with Gasteiger partial charge >= 0.3 is 35.8 Å². The standard InChI is InChI=1S/C84H104O15/c1-4-91-75-52-46-72(47-53-75)69-40-31-66(32-41-69)37-58-81(87)94-61-25-19-13-7-10-16-22-28-79(85)97-64-78(99-84(90)30-24-18-12-9-15-21-27-63-96-83(89)60-39-68-35-44-71(45-36-68)74-50-56-77(57-51-74)93-6-3)65-98-80(86)29-23-17-11-8-14-20-26-62-95-82(88)59-38-67-33-42-70(43-34-67)73-48-54-76(55-49-73)92-5-2/h31-60,78H,4-30,61-65H2,1-3H3/b58-37+,59-38+,60-39+. The highest BCUT2D eigenvalue weighted by atomic mass is 16.6. The van der Waals surface area contributed by atoms with E-state index in [2.05, 4.69) is 0 Å². The average molecular weight is 1350 g/mol. The van der Waals surface area contributed by atoms with Crippen molar-refractivity contribution in [2.45, 2.75) is 181 Å². The van der Waals surface area contributed by atoms with E-state index >= 15 is 0 Å². The highest BCUT2D eigenvalue weighted by molar-refractivity contribution is 5.88. The summed E-state index contributed by atoms with van der Waals surface area (Å²) in [4.78, 5) is 75.9. The minimum absolute atomic E-state index is 0.186. The SMILES string of the molecule is CCOc1ccc(-c2ccc(/C=C/C(=O)OCCCCCCCCCC(=O)OCC(COC(=O)CCCCCCCCCOC(=O)/C=C/c3ccc(-c4ccc(OCC)cc4)cc3)OC(=O)CCCCCCCCCOC(=O)/C=C/c3ccc(-c4ccc(OCC)cc4)cc3)cc2)cc1. The van der Waals surface area contributed by atoms with Crippen LogP contribution in [0.25, 0.3) is 51.6 Å². The molecule has 0 N–H and O–H groups in total. The second kappa shape index (κ2) is 48.5. The first-order valence-electron chi connectivity index (χ1n) is 36.0. The number of ether oxygens (including phenoxy) is 9. The average Bonchev–Trinajstić information content (AvgIpc) is 1.01. The molecule has 0 amide bonds. The fourth-order valence-electron chi connectivity index (χ4n) is 10.9. The minimum Gasteiger partial charge on any atom is -0.494 e. The van der Waals surface area contributed by atoms with Crippen LogP contribution >= 0.6 is 0 Å². The van der Waals surface area contributed by atoms with Crippen molar-refractivity contribution in [3.05, 3.63) is 181 Å². The molecular formula is C84H104O15. The monoisotopic (exact) mass is 1350 g/mol. The second-order valence-electron chi connectivity index (χ2n) is 24.4. The third-order valence-corrected chi connectivity index (χ3v) is 16.4. The summed E-state index contributed by atoms with van der Waals surface area (Å²) in [6.45, 7) is 8.39. The fraction of sp³-hybridized carbons (Fsp3) is 0.429. The second-order valence-corrected chi connectivity index (χ2v) is 24.4. The molecule has 0 unspecified atom stereocenters. The molecule has 0 aliphatic carbocycles. The van der Waals surface area contributed by atoms with Gasteiger partial charge in [0.2, 0.25) is 0 Å². The van der Waals surface area contributed by atoms with E-state index in [0.717, 1.165) is 183 Å². The molecule has 0 radical (unpaired) electrons. The van der Waals surface area contributed by atoms with Crippen LogP contribution in [0.1, 0.15) is 192 Å². The van der Waals surface area contributed by atoms with E-state index in [-0.39, 0.29) is 50.4 Å². The summed E-state index contributed by atoms with van der Waals surface area (Å²) in [5.74, 6) is 0.158. The molecule has 0 heterocycles. The normalized spacial score (nSPS) is 11.3. The molecule has 0 atom stereocenters. The van der Waals surface area contributed by atoms with Crippen LogP contribution in [0.15, 0.2) is 164 Å². The molecule has 6 rings (SSSR count). The van der Waals surface area contributed by atoms with Gasteiger partial charge in [-0.3, -0.25) is 14.4 Å². The summed E-state index contributed by atoms with van der Waals surface area (Å²) >= 11 is 0. The van der Waals surface area contributed by atoms with Crippen molar-refractivity contribution in [2.75, 3.05) is 52.9 Å². The molecule has 6 aromatic carbocycles. The Balaban J connectivity index is 0.798. The first-order chi connectivity index (χ1) is 48.5. The van der Waals surface area contributed by atoms with E-state index in [1.54, 1.807) is 18.2 Å². The molecule has 0 bridgehead atoms. The number of hydrogen-bond acceptors (Lipinski definition) is 15. The van der Waals surface area contributed by atoms with Crippen LogP contribution in [0, 0.1) is 0 Å². The third kappa shape index (κ3) is 34.2. The lowest BCUT2D eigenvalue weighted by Crippen LogP contribution is -2.30. The smallest absolute Gasteiger partial charge is 0.330 e. The Morgan fingerprint density at radius 2 is 0.515 bits per heavy atom. The van der Waals surface area contributed by atoms with E-state index in [1.807, 2.05) is 166 Å². The van der Waals surface area contributed by atoms with Gasteiger partial charge in [-0.1, -0.05) is 206 Å². The fourth-order valence-corrected chi connectivity index (χ4v) is 10.9. The minimum atomic E-state index is -0.926.